The third-order valence-electron chi connectivity index (χ3n) is 2.85. The molecule has 0 unspecified atom stereocenters. The van der Waals surface area contributed by atoms with Crippen molar-refractivity contribution >= 4 is 11.6 Å². The molecule has 0 saturated carbocycles. The molecule has 3 aromatic rings. The largest absolute Gasteiger partial charge is 0.419 e. The van der Waals surface area contributed by atoms with Gasteiger partial charge in [-0.25, -0.2) is 4.79 Å². The normalized spacial score (nSPS) is 10.7. The minimum Gasteiger partial charge on any atom is -0.419 e. The van der Waals surface area contributed by atoms with Gasteiger partial charge in [-0.1, -0.05) is 17.7 Å². The molecule has 20 heavy (non-hydrogen) atoms. The van der Waals surface area contributed by atoms with Crippen LogP contribution in [0.25, 0.3) is 5.65 Å². The molecule has 100 valence electrons. The van der Waals surface area contributed by atoms with Crippen LogP contribution in [0.5, 0.6) is 5.75 Å². The number of ether oxygens (including phenoxy) is 1. The molecule has 0 aliphatic rings. The Morgan fingerprint density at radius 3 is 2.70 bits per heavy atom. The molecule has 3 rings (SSSR count). The fourth-order valence-corrected chi connectivity index (χ4v) is 1.84. The van der Waals surface area contributed by atoms with Crippen molar-refractivity contribution in [2.45, 2.75) is 13.8 Å². The van der Waals surface area contributed by atoms with E-state index in [-0.39, 0.29) is 0 Å². The molecular weight excluding hydrogens is 256 g/mol. The molecule has 0 saturated heterocycles. The molecule has 0 aliphatic carbocycles. The zero-order valence-electron chi connectivity index (χ0n) is 11.1. The molecule has 0 radical (unpaired) electrons. The molecule has 1 aromatic carbocycles. The summed E-state index contributed by atoms with van der Waals surface area (Å²) >= 11 is 0. The number of rotatable bonds is 2. The van der Waals surface area contributed by atoms with Crippen molar-refractivity contribution in [3.63, 3.8) is 0 Å². The summed E-state index contributed by atoms with van der Waals surface area (Å²) in [6.07, 6.45) is 1.46. The number of hydrogen-bond donors (Lipinski definition) is 0. The molecule has 0 aliphatic heterocycles. The summed E-state index contributed by atoms with van der Waals surface area (Å²) < 4.78 is 6.87. The number of carbonyl (C=O) groups is 1. The number of aromatic nitrogens is 4. The third kappa shape index (κ3) is 2.23. The van der Waals surface area contributed by atoms with Gasteiger partial charge in [-0.15, -0.1) is 10.2 Å². The monoisotopic (exact) mass is 268 g/mol. The molecule has 0 fully saturated rings. The molecule has 0 amide bonds. The van der Waals surface area contributed by atoms with Crippen LogP contribution in [0.15, 0.2) is 36.7 Å². The van der Waals surface area contributed by atoms with Crippen molar-refractivity contribution in [3.05, 3.63) is 53.5 Å². The van der Waals surface area contributed by atoms with Gasteiger partial charge in [0.15, 0.2) is 5.75 Å². The van der Waals surface area contributed by atoms with E-state index in [0.717, 1.165) is 5.56 Å². The Labute approximate surface area is 115 Å². The first kappa shape index (κ1) is 12.3. The van der Waals surface area contributed by atoms with Crippen LogP contribution in [0.4, 0.5) is 0 Å². The lowest BCUT2D eigenvalue weighted by molar-refractivity contribution is 0.0736. The van der Waals surface area contributed by atoms with Gasteiger partial charge in [-0.2, -0.15) is 9.61 Å². The molecule has 0 N–H and O–H groups in total. The molecular formula is C14H12N4O2. The van der Waals surface area contributed by atoms with Gasteiger partial charge in [0.2, 0.25) is 5.65 Å². The van der Waals surface area contributed by atoms with Crippen molar-refractivity contribution in [2.24, 2.45) is 0 Å². The van der Waals surface area contributed by atoms with Gasteiger partial charge in [0.25, 0.3) is 0 Å². The van der Waals surface area contributed by atoms with Gasteiger partial charge in [0.1, 0.15) is 6.33 Å². The maximum absolute atomic E-state index is 12.1. The lowest BCUT2D eigenvalue weighted by Gasteiger charge is -2.06. The Morgan fingerprint density at radius 2 is 1.95 bits per heavy atom. The second kappa shape index (κ2) is 4.73. The summed E-state index contributed by atoms with van der Waals surface area (Å²) in [5.74, 6) is -0.0823. The Kier molecular flexibility index (Phi) is 2.90. The van der Waals surface area contributed by atoms with E-state index in [9.17, 15) is 4.79 Å². The summed E-state index contributed by atoms with van der Waals surface area (Å²) in [6.45, 7) is 3.77. The van der Waals surface area contributed by atoms with Gasteiger partial charge in [0, 0.05) is 6.07 Å². The van der Waals surface area contributed by atoms with Crippen molar-refractivity contribution in [1.29, 1.82) is 0 Å². The number of hydrogen-bond acceptors (Lipinski definition) is 5. The van der Waals surface area contributed by atoms with E-state index in [2.05, 4.69) is 15.3 Å². The summed E-state index contributed by atoms with van der Waals surface area (Å²) in [7, 11) is 0. The maximum atomic E-state index is 12.1. The fourth-order valence-electron chi connectivity index (χ4n) is 1.84. The average Bonchev–Trinajstić information content (AvgIpc) is 2.87. The molecule has 0 bridgehead atoms. The van der Waals surface area contributed by atoms with Crippen LogP contribution in [0, 0.1) is 13.8 Å². The number of benzene rings is 1. The first-order chi connectivity index (χ1) is 9.63. The van der Waals surface area contributed by atoms with Crippen LogP contribution in [-0.2, 0) is 0 Å². The van der Waals surface area contributed by atoms with Crippen molar-refractivity contribution in [2.75, 3.05) is 0 Å². The van der Waals surface area contributed by atoms with Crippen molar-refractivity contribution < 1.29 is 9.53 Å². The average molecular weight is 268 g/mol. The first-order valence-electron chi connectivity index (χ1n) is 6.10. The zero-order valence-corrected chi connectivity index (χ0v) is 11.1. The summed E-state index contributed by atoms with van der Waals surface area (Å²) in [6, 6.07) is 8.84. The van der Waals surface area contributed by atoms with Crippen LogP contribution >= 0.6 is 0 Å². The van der Waals surface area contributed by atoms with E-state index >= 15 is 0 Å². The zero-order chi connectivity index (χ0) is 14.1. The van der Waals surface area contributed by atoms with Gasteiger partial charge in [0.05, 0.1) is 11.3 Å². The third-order valence-corrected chi connectivity index (χ3v) is 2.85. The van der Waals surface area contributed by atoms with Crippen LogP contribution in [-0.4, -0.2) is 25.8 Å². The molecule has 6 heteroatoms. The molecule has 6 nitrogen and oxygen atoms in total. The van der Waals surface area contributed by atoms with E-state index in [0.29, 0.717) is 22.7 Å². The highest BCUT2D eigenvalue weighted by atomic mass is 16.5. The minimum atomic E-state index is -0.430. The maximum Gasteiger partial charge on any atom is 0.343 e. The van der Waals surface area contributed by atoms with Crippen LogP contribution < -0.4 is 4.74 Å². The quantitative estimate of drug-likeness (QED) is 0.664. The fraction of sp³-hybridized carbons (Fsp3) is 0.143. The highest BCUT2D eigenvalue weighted by Gasteiger charge is 2.13. The molecule has 2 heterocycles. The summed E-state index contributed by atoms with van der Waals surface area (Å²) in [5, 5.41) is 11.8. The minimum absolute atomic E-state index is 0.348. The summed E-state index contributed by atoms with van der Waals surface area (Å²) in [4.78, 5) is 12.1. The first-order valence-corrected chi connectivity index (χ1v) is 6.10. The smallest absolute Gasteiger partial charge is 0.343 e. The van der Waals surface area contributed by atoms with Crippen LogP contribution in [0.2, 0.25) is 0 Å². The second-order valence-corrected chi connectivity index (χ2v) is 4.50. The molecule has 2 aromatic heterocycles. The lowest BCUT2D eigenvalue weighted by Crippen LogP contribution is -2.10. The Bertz CT molecular complexity index is 777. The number of aryl methyl sites for hydroxylation is 2. The number of esters is 1. The highest BCUT2D eigenvalue weighted by molar-refractivity contribution is 5.91. The van der Waals surface area contributed by atoms with E-state index in [1.807, 2.05) is 26.0 Å². The lowest BCUT2D eigenvalue weighted by atomic mass is 10.1. The van der Waals surface area contributed by atoms with E-state index < -0.39 is 5.97 Å². The van der Waals surface area contributed by atoms with Crippen LogP contribution in [0.3, 0.4) is 0 Å². The predicted molar refractivity (Wildman–Crippen MR) is 71.7 cm³/mol. The Morgan fingerprint density at radius 1 is 1.20 bits per heavy atom. The standard InChI is InChI=1S/C14H12N4O2/c1-9-3-5-11(6-4-9)14(19)20-12-7-10(2)17-18-8-15-16-13(12)18/h3-8H,1-2H3. The Hall–Kier alpha value is -2.76. The van der Waals surface area contributed by atoms with Gasteiger partial charge >= 0.3 is 5.97 Å². The Balaban J connectivity index is 1.94. The number of fused-ring (bicyclic) bond motifs is 1. The van der Waals surface area contributed by atoms with Crippen molar-refractivity contribution in [1.82, 2.24) is 19.8 Å². The van der Waals surface area contributed by atoms with E-state index in [1.54, 1.807) is 18.2 Å². The van der Waals surface area contributed by atoms with Gasteiger partial charge in [-0.3, -0.25) is 0 Å². The van der Waals surface area contributed by atoms with Gasteiger partial charge < -0.3 is 4.74 Å². The van der Waals surface area contributed by atoms with Gasteiger partial charge in [-0.05, 0) is 26.0 Å². The van der Waals surface area contributed by atoms with E-state index in [4.69, 9.17) is 4.74 Å². The van der Waals surface area contributed by atoms with E-state index in [1.165, 1.54) is 10.8 Å². The molecule has 0 spiro atoms. The molecule has 0 atom stereocenters. The van der Waals surface area contributed by atoms with Crippen LogP contribution in [0.1, 0.15) is 21.6 Å². The number of nitrogens with zero attached hydrogens (tertiary/aromatic N) is 4. The number of carbonyl (C=O) groups excluding carboxylic acids is 1. The second-order valence-electron chi connectivity index (χ2n) is 4.50. The van der Waals surface area contributed by atoms with Crippen molar-refractivity contribution in [3.8, 4) is 5.75 Å². The highest BCUT2D eigenvalue weighted by Crippen LogP contribution is 2.19. The topological polar surface area (TPSA) is 69.4 Å². The predicted octanol–water partition coefficient (Wildman–Crippen LogP) is 1.96. The summed E-state index contributed by atoms with van der Waals surface area (Å²) in [5.41, 5.74) is 2.70. The SMILES string of the molecule is Cc1ccc(C(=O)Oc2cc(C)nn3cnnc23)cc1.